The van der Waals surface area contributed by atoms with Crippen LogP contribution in [0.3, 0.4) is 0 Å². The first-order valence-corrected chi connectivity index (χ1v) is 27.1. The maximum absolute atomic E-state index is 12.7. The number of hydrogen-bond donors (Lipinski definition) is 0. The Morgan fingerprint density at radius 2 is 1.48 bits per heavy atom. The van der Waals surface area contributed by atoms with E-state index in [1.807, 2.05) is 41.2 Å². The molecule has 4 aromatic rings. The second-order valence-electron chi connectivity index (χ2n) is 16.6. The lowest BCUT2D eigenvalue weighted by atomic mass is 9.82. The van der Waals surface area contributed by atoms with Crippen molar-refractivity contribution in [1.29, 1.82) is 0 Å². The van der Waals surface area contributed by atoms with Crippen molar-refractivity contribution in [3.63, 3.8) is 0 Å². The SMILES string of the molecule is BN1C2CC(c3cc(N(COCC[Si](C)(C)C)COCC[Si](C)(C)C)n4ncc(-c5ccc(-c6ccccc6)nc5)c4n3)CC1CS(=O)(=O)C2. The van der Waals surface area contributed by atoms with Crippen LogP contribution in [0.4, 0.5) is 5.82 Å². The monoisotopic (exact) mass is 732 g/mol. The van der Waals surface area contributed by atoms with E-state index in [0.717, 1.165) is 64.5 Å². The van der Waals surface area contributed by atoms with E-state index in [-0.39, 0.29) is 29.5 Å². The molecule has 2 unspecified atom stereocenters. The summed E-state index contributed by atoms with van der Waals surface area (Å²) in [5, 5.41) is 4.91. The van der Waals surface area contributed by atoms with Crippen molar-refractivity contribution in [2.45, 2.75) is 82.2 Å². The first-order valence-electron chi connectivity index (χ1n) is 17.9. The maximum Gasteiger partial charge on any atom is 0.186 e. The van der Waals surface area contributed by atoms with Gasteiger partial charge in [-0.2, -0.15) is 9.61 Å². The van der Waals surface area contributed by atoms with Gasteiger partial charge in [0.2, 0.25) is 0 Å². The minimum absolute atomic E-state index is 0.0241. The third-order valence-electron chi connectivity index (χ3n) is 10.0. The van der Waals surface area contributed by atoms with Crippen LogP contribution in [-0.2, 0) is 19.3 Å². The minimum atomic E-state index is -3.06. The van der Waals surface area contributed by atoms with Crippen LogP contribution in [0.2, 0.25) is 51.4 Å². The molecule has 1 aromatic carbocycles. The molecule has 2 fully saturated rings. The molecule has 2 aliphatic heterocycles. The number of pyridine rings is 1. The molecular weight excluding hydrogens is 679 g/mol. The van der Waals surface area contributed by atoms with Gasteiger partial charge in [-0.3, -0.25) is 4.98 Å². The van der Waals surface area contributed by atoms with Gasteiger partial charge in [0, 0.05) is 82.0 Å². The van der Waals surface area contributed by atoms with Crippen LogP contribution in [0, 0.1) is 0 Å². The second kappa shape index (κ2) is 15.0. The molecular formula is C36H53BN6O4SSi2. The smallest absolute Gasteiger partial charge is 0.186 e. The molecule has 2 atom stereocenters. The quantitative estimate of drug-likeness (QED) is 0.0907. The lowest BCUT2D eigenvalue weighted by molar-refractivity contribution is 0.0942. The summed E-state index contributed by atoms with van der Waals surface area (Å²) < 4.78 is 40.1. The zero-order valence-electron chi connectivity index (χ0n) is 30.8. The Bertz CT molecular complexity index is 1820. The molecule has 3 aromatic heterocycles. The topological polar surface area (TPSA) is 102 Å². The summed E-state index contributed by atoms with van der Waals surface area (Å²) >= 11 is 0. The van der Waals surface area contributed by atoms with E-state index in [9.17, 15) is 8.42 Å². The Balaban J connectivity index is 1.38. The standard InChI is InChI=1S/C36H53BN6O4SSi2/c1-49(2,3)16-14-46-25-41(26-47-15-17-50(4,5)6)35-20-34(29-18-30-23-48(44,45)24-31(19-29)42(30)37)40-36-32(22-39-43(35)36)28-12-13-33(38-21-28)27-10-8-7-9-11-27/h7-13,20-22,29-31H,14-19,23-26,37H2,1-6H3. The van der Waals surface area contributed by atoms with Crippen molar-refractivity contribution >= 4 is 45.4 Å². The van der Waals surface area contributed by atoms with E-state index >= 15 is 0 Å². The van der Waals surface area contributed by atoms with Crippen molar-refractivity contribution in [3.05, 3.63) is 66.6 Å². The summed E-state index contributed by atoms with van der Waals surface area (Å²) in [5.41, 5.74) is 5.51. The molecule has 5 heterocycles. The van der Waals surface area contributed by atoms with Gasteiger partial charge in [-0.05, 0) is 31.0 Å². The lowest BCUT2D eigenvalue weighted by Gasteiger charge is -2.47. The molecule has 10 nitrogen and oxygen atoms in total. The van der Waals surface area contributed by atoms with E-state index < -0.39 is 26.0 Å². The summed E-state index contributed by atoms with van der Waals surface area (Å²) in [7, 11) is -3.54. The van der Waals surface area contributed by atoms with Crippen LogP contribution >= 0.6 is 0 Å². The van der Waals surface area contributed by atoms with E-state index in [0.29, 0.717) is 26.7 Å². The summed E-state index contributed by atoms with van der Waals surface area (Å²) in [6, 6.07) is 18.5. The predicted molar refractivity (Wildman–Crippen MR) is 211 cm³/mol. The molecule has 0 amide bonds. The fourth-order valence-corrected chi connectivity index (χ4v) is 10.4. The number of hydrogen-bond acceptors (Lipinski definition) is 9. The average Bonchev–Trinajstić information content (AvgIpc) is 3.48. The van der Waals surface area contributed by atoms with Crippen LogP contribution in [0.1, 0.15) is 24.5 Å². The average molecular weight is 733 g/mol. The highest BCUT2D eigenvalue weighted by Crippen LogP contribution is 2.39. The van der Waals surface area contributed by atoms with Gasteiger partial charge in [0.1, 0.15) is 19.3 Å². The van der Waals surface area contributed by atoms with Crippen molar-refractivity contribution < 1.29 is 17.9 Å². The molecule has 0 saturated carbocycles. The van der Waals surface area contributed by atoms with Crippen molar-refractivity contribution in [2.75, 3.05) is 43.1 Å². The molecule has 268 valence electrons. The van der Waals surface area contributed by atoms with Gasteiger partial charge in [0.15, 0.2) is 23.5 Å². The van der Waals surface area contributed by atoms with Crippen molar-refractivity contribution in [2.24, 2.45) is 0 Å². The zero-order chi connectivity index (χ0) is 35.7. The van der Waals surface area contributed by atoms with Gasteiger partial charge in [-0.1, -0.05) is 75.7 Å². The third-order valence-corrected chi connectivity index (χ3v) is 15.2. The Labute approximate surface area is 301 Å². The van der Waals surface area contributed by atoms with E-state index in [2.05, 4.69) is 81.2 Å². The van der Waals surface area contributed by atoms with E-state index in [4.69, 9.17) is 24.5 Å². The highest BCUT2D eigenvalue weighted by Gasteiger charge is 2.42. The Morgan fingerprint density at radius 3 is 2.04 bits per heavy atom. The molecule has 0 N–H and O–H groups in total. The minimum Gasteiger partial charge on any atom is -0.361 e. The van der Waals surface area contributed by atoms with Gasteiger partial charge < -0.3 is 19.2 Å². The highest BCUT2D eigenvalue weighted by atomic mass is 32.2. The number of aromatic nitrogens is 4. The first-order chi connectivity index (χ1) is 23.7. The zero-order valence-corrected chi connectivity index (χ0v) is 33.6. The molecule has 0 spiro atoms. The number of benzene rings is 1. The molecule has 2 aliphatic rings. The molecule has 0 radical (unpaired) electrons. The second-order valence-corrected chi connectivity index (χ2v) is 30.0. The number of piperidine rings is 1. The summed E-state index contributed by atoms with van der Waals surface area (Å²) in [5.74, 6) is 1.38. The van der Waals surface area contributed by atoms with Gasteiger partial charge in [0.05, 0.1) is 23.4 Å². The van der Waals surface area contributed by atoms with Gasteiger partial charge >= 0.3 is 0 Å². The number of ether oxygens (including phenoxy) is 2. The molecule has 2 bridgehead atoms. The molecule has 6 rings (SSSR count). The fraction of sp³-hybridized carbons (Fsp3) is 0.528. The van der Waals surface area contributed by atoms with Crippen LogP contribution in [0.25, 0.3) is 28.0 Å². The summed E-state index contributed by atoms with van der Waals surface area (Å²) in [6.07, 6.45) is 5.26. The molecule has 50 heavy (non-hydrogen) atoms. The number of anilines is 1. The largest absolute Gasteiger partial charge is 0.361 e. The number of rotatable bonds is 14. The van der Waals surface area contributed by atoms with E-state index in [1.54, 1.807) is 0 Å². The summed E-state index contributed by atoms with van der Waals surface area (Å²) in [6.45, 7) is 16.3. The Morgan fingerprint density at radius 1 is 0.860 bits per heavy atom. The van der Waals surface area contributed by atoms with Crippen LogP contribution in [-0.4, -0.2) is 107 Å². The normalized spacial score (nSPS) is 21.0. The van der Waals surface area contributed by atoms with Crippen molar-refractivity contribution in [1.82, 2.24) is 24.4 Å². The summed E-state index contributed by atoms with van der Waals surface area (Å²) in [4.78, 5) is 14.5. The van der Waals surface area contributed by atoms with Crippen LogP contribution in [0.15, 0.2) is 60.9 Å². The Hall–Kier alpha value is -2.88. The van der Waals surface area contributed by atoms with Gasteiger partial charge in [-0.15, -0.1) is 0 Å². The number of fused-ring (bicyclic) bond motifs is 3. The van der Waals surface area contributed by atoms with Crippen LogP contribution in [0.5, 0.6) is 0 Å². The predicted octanol–water partition coefficient (Wildman–Crippen LogP) is 5.78. The molecule has 0 aliphatic carbocycles. The van der Waals surface area contributed by atoms with Gasteiger partial charge in [0.25, 0.3) is 0 Å². The number of nitrogens with zero attached hydrogens (tertiary/aromatic N) is 6. The molecule has 2 saturated heterocycles. The Kier molecular flexibility index (Phi) is 11.1. The highest BCUT2D eigenvalue weighted by molar-refractivity contribution is 7.91. The van der Waals surface area contributed by atoms with Crippen molar-refractivity contribution in [3.8, 4) is 22.4 Å². The first kappa shape index (κ1) is 36.9. The number of sulfone groups is 1. The van der Waals surface area contributed by atoms with Crippen LogP contribution < -0.4 is 4.90 Å². The van der Waals surface area contributed by atoms with Gasteiger partial charge in [-0.25, -0.2) is 13.4 Å². The van der Waals surface area contributed by atoms with E-state index in [1.165, 1.54) is 0 Å². The lowest BCUT2D eigenvalue weighted by Crippen LogP contribution is -2.57. The molecule has 14 heteroatoms. The fourth-order valence-electron chi connectivity index (χ4n) is 6.86. The maximum atomic E-state index is 12.7. The third kappa shape index (κ3) is 9.12.